The van der Waals surface area contributed by atoms with Crippen molar-refractivity contribution < 1.29 is 8.42 Å². The summed E-state index contributed by atoms with van der Waals surface area (Å²) in [5.74, 6) is 0.769. The first-order chi connectivity index (χ1) is 5.35. The van der Waals surface area contributed by atoms with E-state index in [1.165, 1.54) is 6.26 Å². The Bertz CT molecular complexity index is 209. The van der Waals surface area contributed by atoms with E-state index in [9.17, 15) is 8.42 Å². The second kappa shape index (κ2) is 4.82. The molecular weight excluding hydrogens is 174 g/mol. The van der Waals surface area contributed by atoms with E-state index in [0.29, 0.717) is 5.92 Å². The summed E-state index contributed by atoms with van der Waals surface area (Å²) in [4.78, 5) is 0. The number of nitrogens with one attached hydrogen (secondary N) is 1. The predicted molar refractivity (Wildman–Crippen MR) is 52.0 cm³/mol. The number of rotatable bonds is 5. The third-order valence-corrected chi connectivity index (χ3v) is 2.68. The Balaban J connectivity index is 4.01. The molecule has 4 heteroatoms. The minimum atomic E-state index is -2.84. The first kappa shape index (κ1) is 11.9. The lowest BCUT2D eigenvalue weighted by Crippen LogP contribution is -2.33. The molecule has 0 aromatic rings. The fraction of sp³-hybridized carbons (Fsp3) is 1.00. The monoisotopic (exact) mass is 193 g/mol. The maximum atomic E-state index is 10.9. The van der Waals surface area contributed by atoms with Gasteiger partial charge in [0.25, 0.3) is 0 Å². The predicted octanol–water partition coefficient (Wildman–Crippen LogP) is 0.665. The molecule has 74 valence electrons. The van der Waals surface area contributed by atoms with Crippen LogP contribution in [-0.4, -0.2) is 33.5 Å². The third-order valence-electron chi connectivity index (χ3n) is 1.67. The van der Waals surface area contributed by atoms with Gasteiger partial charge >= 0.3 is 0 Å². The highest BCUT2D eigenvalue weighted by molar-refractivity contribution is 7.90. The summed E-state index contributed by atoms with van der Waals surface area (Å²) >= 11 is 0. The van der Waals surface area contributed by atoms with Gasteiger partial charge in [-0.25, -0.2) is 8.42 Å². The van der Waals surface area contributed by atoms with Crippen molar-refractivity contribution in [2.24, 2.45) is 5.92 Å². The summed E-state index contributed by atoms with van der Waals surface area (Å²) < 4.78 is 21.9. The second-order valence-corrected chi connectivity index (χ2v) is 5.89. The molecule has 0 saturated heterocycles. The fourth-order valence-electron chi connectivity index (χ4n) is 1.20. The van der Waals surface area contributed by atoms with Crippen molar-refractivity contribution in [1.29, 1.82) is 0 Å². The smallest absolute Gasteiger partial charge is 0.148 e. The van der Waals surface area contributed by atoms with Gasteiger partial charge in [-0.1, -0.05) is 13.8 Å². The highest BCUT2D eigenvalue weighted by atomic mass is 32.2. The fourth-order valence-corrected chi connectivity index (χ4v) is 2.24. The van der Waals surface area contributed by atoms with Crippen LogP contribution < -0.4 is 5.32 Å². The van der Waals surface area contributed by atoms with Gasteiger partial charge in [-0.15, -0.1) is 0 Å². The lowest BCUT2D eigenvalue weighted by Gasteiger charge is -2.16. The third kappa shape index (κ3) is 6.61. The van der Waals surface area contributed by atoms with Crippen LogP contribution in [0.15, 0.2) is 0 Å². The molecule has 12 heavy (non-hydrogen) atoms. The molecule has 0 amide bonds. The number of hydrogen-bond donors (Lipinski definition) is 1. The molecule has 0 radical (unpaired) electrons. The first-order valence-electron chi connectivity index (χ1n) is 4.20. The van der Waals surface area contributed by atoms with Crippen molar-refractivity contribution in [3.8, 4) is 0 Å². The van der Waals surface area contributed by atoms with Crippen LogP contribution in [0.25, 0.3) is 0 Å². The normalized spacial score (nSPS) is 15.1. The average Bonchev–Trinajstić information content (AvgIpc) is 1.82. The Hall–Kier alpha value is -0.0900. The van der Waals surface area contributed by atoms with E-state index >= 15 is 0 Å². The van der Waals surface area contributed by atoms with Crippen LogP contribution >= 0.6 is 0 Å². The van der Waals surface area contributed by atoms with Crippen molar-refractivity contribution in [3.63, 3.8) is 0 Å². The van der Waals surface area contributed by atoms with Crippen molar-refractivity contribution in [2.45, 2.75) is 26.3 Å². The van der Waals surface area contributed by atoms with Gasteiger partial charge in [0.1, 0.15) is 9.84 Å². The van der Waals surface area contributed by atoms with Crippen LogP contribution in [0.2, 0.25) is 0 Å². The van der Waals surface area contributed by atoms with Gasteiger partial charge in [0.05, 0.1) is 5.75 Å². The van der Waals surface area contributed by atoms with Gasteiger partial charge < -0.3 is 5.32 Å². The molecule has 0 rings (SSSR count). The number of sulfone groups is 1. The van der Waals surface area contributed by atoms with Crippen molar-refractivity contribution in [2.75, 3.05) is 19.1 Å². The molecule has 0 aromatic heterocycles. The van der Waals surface area contributed by atoms with Crippen LogP contribution in [0.1, 0.15) is 20.3 Å². The van der Waals surface area contributed by atoms with Crippen LogP contribution in [0, 0.1) is 5.92 Å². The minimum absolute atomic E-state index is 0.0972. The molecule has 1 N–H and O–H groups in total. The van der Waals surface area contributed by atoms with Crippen molar-refractivity contribution >= 4 is 9.84 Å². The van der Waals surface area contributed by atoms with Crippen LogP contribution in [0.5, 0.6) is 0 Å². The summed E-state index contributed by atoms with van der Waals surface area (Å²) in [6.45, 7) is 4.18. The largest absolute Gasteiger partial charge is 0.316 e. The van der Waals surface area contributed by atoms with Gasteiger partial charge in [-0.2, -0.15) is 0 Å². The van der Waals surface area contributed by atoms with E-state index in [-0.39, 0.29) is 11.8 Å². The summed E-state index contributed by atoms with van der Waals surface area (Å²) in [5.41, 5.74) is 0. The SMILES string of the molecule is CNC(CC(C)C)CS(C)(=O)=O. The van der Waals surface area contributed by atoms with Gasteiger partial charge in [-0.05, 0) is 19.4 Å². The van der Waals surface area contributed by atoms with E-state index in [2.05, 4.69) is 19.2 Å². The molecule has 0 aromatic carbocycles. The van der Waals surface area contributed by atoms with E-state index in [0.717, 1.165) is 6.42 Å². The first-order valence-corrected chi connectivity index (χ1v) is 6.26. The van der Waals surface area contributed by atoms with Gasteiger partial charge in [0, 0.05) is 12.3 Å². The van der Waals surface area contributed by atoms with Gasteiger partial charge in [0.15, 0.2) is 0 Å². The molecule has 3 nitrogen and oxygen atoms in total. The lowest BCUT2D eigenvalue weighted by molar-refractivity contribution is 0.466. The molecule has 0 fully saturated rings. The maximum Gasteiger partial charge on any atom is 0.148 e. The Morgan fingerprint density at radius 1 is 1.33 bits per heavy atom. The lowest BCUT2D eigenvalue weighted by atomic mass is 10.1. The van der Waals surface area contributed by atoms with E-state index in [1.54, 1.807) is 7.05 Å². The molecule has 0 saturated carbocycles. The second-order valence-electron chi connectivity index (χ2n) is 3.71. The Morgan fingerprint density at radius 3 is 2.08 bits per heavy atom. The van der Waals surface area contributed by atoms with Gasteiger partial charge in [0.2, 0.25) is 0 Å². The van der Waals surface area contributed by atoms with Crippen molar-refractivity contribution in [1.82, 2.24) is 5.32 Å². The van der Waals surface area contributed by atoms with E-state index in [4.69, 9.17) is 0 Å². The van der Waals surface area contributed by atoms with Crippen LogP contribution in [0.3, 0.4) is 0 Å². The van der Waals surface area contributed by atoms with E-state index < -0.39 is 9.84 Å². The molecule has 0 aliphatic carbocycles. The Labute approximate surface area is 75.5 Å². The average molecular weight is 193 g/mol. The molecule has 0 spiro atoms. The molecule has 0 heterocycles. The summed E-state index contributed by atoms with van der Waals surface area (Å²) in [7, 11) is -1.04. The van der Waals surface area contributed by atoms with Crippen LogP contribution in [-0.2, 0) is 9.84 Å². The zero-order valence-corrected chi connectivity index (χ0v) is 9.11. The van der Waals surface area contributed by atoms with E-state index in [1.807, 2.05) is 0 Å². The summed E-state index contributed by atoms with van der Waals surface area (Å²) in [6.07, 6.45) is 2.18. The quantitative estimate of drug-likeness (QED) is 0.698. The molecule has 0 aliphatic rings. The molecule has 1 atom stereocenters. The summed E-state index contributed by atoms with van der Waals surface area (Å²) in [5, 5.41) is 3.01. The highest BCUT2D eigenvalue weighted by Crippen LogP contribution is 2.05. The maximum absolute atomic E-state index is 10.9. The number of hydrogen-bond acceptors (Lipinski definition) is 3. The molecular formula is C8H19NO2S. The van der Waals surface area contributed by atoms with Gasteiger partial charge in [-0.3, -0.25) is 0 Å². The zero-order chi connectivity index (χ0) is 9.78. The highest BCUT2D eigenvalue weighted by Gasteiger charge is 2.14. The minimum Gasteiger partial charge on any atom is -0.316 e. The summed E-state index contributed by atoms with van der Waals surface area (Å²) in [6, 6.07) is 0.0972. The van der Waals surface area contributed by atoms with Crippen LogP contribution in [0.4, 0.5) is 0 Å². The standard InChI is InChI=1S/C8H19NO2S/c1-7(2)5-8(9-3)6-12(4,10)11/h7-9H,5-6H2,1-4H3. The van der Waals surface area contributed by atoms with Crippen molar-refractivity contribution in [3.05, 3.63) is 0 Å². The Kier molecular flexibility index (Phi) is 4.78. The molecule has 0 aliphatic heterocycles. The zero-order valence-electron chi connectivity index (χ0n) is 8.29. The topological polar surface area (TPSA) is 46.2 Å². The Morgan fingerprint density at radius 2 is 1.83 bits per heavy atom. The molecule has 0 bridgehead atoms. The molecule has 1 unspecified atom stereocenters.